The maximum absolute atomic E-state index is 13.1. The molecule has 0 unspecified atom stereocenters. The molecule has 0 saturated carbocycles. The van der Waals surface area contributed by atoms with Crippen molar-refractivity contribution in [2.75, 3.05) is 18.3 Å². The average Bonchev–Trinajstić information content (AvgIpc) is 3.20. The average molecular weight is 436 g/mol. The highest BCUT2D eigenvalue weighted by Gasteiger charge is 2.23. The first-order chi connectivity index (χ1) is 14.8. The molecule has 1 amide bonds. The molecule has 4 rings (SSSR count). The lowest BCUT2D eigenvalue weighted by Gasteiger charge is -2.13. The minimum Gasteiger partial charge on any atom is -0.360 e. The summed E-state index contributed by atoms with van der Waals surface area (Å²) in [6.07, 6.45) is 3.00. The van der Waals surface area contributed by atoms with E-state index in [9.17, 15) is 18.0 Å². The van der Waals surface area contributed by atoms with Gasteiger partial charge in [-0.25, -0.2) is 8.42 Å². The number of aromatic nitrogens is 2. The molecule has 158 valence electrons. The molecule has 0 bridgehead atoms. The van der Waals surface area contributed by atoms with Gasteiger partial charge in [-0.1, -0.05) is 18.2 Å². The number of ketones is 1. The van der Waals surface area contributed by atoms with Crippen molar-refractivity contribution in [3.63, 3.8) is 0 Å². The van der Waals surface area contributed by atoms with Crippen molar-refractivity contribution in [2.45, 2.75) is 11.8 Å². The Hall–Kier alpha value is -3.72. The van der Waals surface area contributed by atoms with Crippen molar-refractivity contribution >= 4 is 49.2 Å². The van der Waals surface area contributed by atoms with Gasteiger partial charge in [0.15, 0.2) is 0 Å². The Labute approximate surface area is 178 Å². The zero-order valence-electron chi connectivity index (χ0n) is 16.9. The van der Waals surface area contributed by atoms with Crippen LogP contribution in [0.1, 0.15) is 17.3 Å². The highest BCUT2D eigenvalue weighted by molar-refractivity contribution is 7.93. The van der Waals surface area contributed by atoms with Crippen molar-refractivity contribution in [2.24, 2.45) is 0 Å². The van der Waals surface area contributed by atoms with E-state index in [4.69, 9.17) is 0 Å². The van der Waals surface area contributed by atoms with Gasteiger partial charge in [0.2, 0.25) is 0 Å². The number of para-hydroxylation sites is 1. The molecule has 0 atom stereocenters. The lowest BCUT2D eigenvalue weighted by Crippen LogP contribution is -2.32. The monoisotopic (exact) mass is 436 g/mol. The van der Waals surface area contributed by atoms with Crippen LogP contribution in [0.25, 0.3) is 21.8 Å². The number of fused-ring (bicyclic) bond motifs is 2. The third kappa shape index (κ3) is 3.75. The molecule has 0 aliphatic rings. The van der Waals surface area contributed by atoms with Gasteiger partial charge in [-0.2, -0.15) is 0 Å². The topological polar surface area (TPSA) is 112 Å². The van der Waals surface area contributed by atoms with Gasteiger partial charge in [0, 0.05) is 48.0 Å². The summed E-state index contributed by atoms with van der Waals surface area (Å²) in [6, 6.07) is 13.2. The van der Waals surface area contributed by atoms with Gasteiger partial charge >= 0.3 is 0 Å². The number of rotatable bonds is 6. The van der Waals surface area contributed by atoms with Gasteiger partial charge in [-0.05, 0) is 37.3 Å². The number of hydrogen-bond acceptors (Lipinski definition) is 5. The predicted molar refractivity (Wildman–Crippen MR) is 118 cm³/mol. The van der Waals surface area contributed by atoms with Crippen LogP contribution >= 0.6 is 0 Å². The van der Waals surface area contributed by atoms with Crippen LogP contribution in [0.5, 0.6) is 0 Å². The molecule has 4 aromatic rings. The summed E-state index contributed by atoms with van der Waals surface area (Å²) in [5.41, 5.74) is 1.44. The molecule has 2 aromatic heterocycles. The van der Waals surface area contributed by atoms with Crippen LogP contribution in [0.15, 0.2) is 65.8 Å². The number of anilines is 1. The molecule has 0 radical (unpaired) electrons. The molecule has 8 nitrogen and oxygen atoms in total. The smallest absolute Gasteiger partial charge is 0.294 e. The van der Waals surface area contributed by atoms with Gasteiger partial charge in [0.1, 0.15) is 4.90 Å². The van der Waals surface area contributed by atoms with E-state index in [2.05, 4.69) is 14.7 Å². The number of nitrogens with zero attached hydrogens (tertiary/aromatic N) is 2. The van der Waals surface area contributed by atoms with Gasteiger partial charge in [0.25, 0.3) is 21.7 Å². The first-order valence-corrected chi connectivity index (χ1v) is 11.1. The molecule has 31 heavy (non-hydrogen) atoms. The number of carbonyl (C=O) groups excluding carboxylic acids is 2. The molecule has 0 aliphatic heterocycles. The first-order valence-electron chi connectivity index (χ1n) is 9.59. The Morgan fingerprint density at radius 1 is 1.13 bits per heavy atom. The third-order valence-corrected chi connectivity index (χ3v) is 6.49. The second-order valence-corrected chi connectivity index (χ2v) is 8.70. The largest absolute Gasteiger partial charge is 0.360 e. The van der Waals surface area contributed by atoms with E-state index in [0.29, 0.717) is 28.4 Å². The van der Waals surface area contributed by atoms with Crippen LogP contribution in [0.4, 0.5) is 5.69 Å². The lowest BCUT2D eigenvalue weighted by atomic mass is 10.1. The van der Waals surface area contributed by atoms with Crippen LogP contribution in [0, 0.1) is 0 Å². The third-order valence-electron chi connectivity index (χ3n) is 5.08. The van der Waals surface area contributed by atoms with Crippen molar-refractivity contribution < 1.29 is 18.0 Å². The van der Waals surface area contributed by atoms with Crippen molar-refractivity contribution in [3.05, 3.63) is 66.5 Å². The van der Waals surface area contributed by atoms with E-state index < -0.39 is 21.7 Å². The number of nitrogens with one attached hydrogen (secondary N) is 2. The summed E-state index contributed by atoms with van der Waals surface area (Å²) in [5, 5.41) is 1.16. The Morgan fingerprint density at radius 3 is 2.68 bits per heavy atom. The highest BCUT2D eigenvalue weighted by atomic mass is 32.2. The van der Waals surface area contributed by atoms with E-state index in [1.165, 1.54) is 29.4 Å². The SMILES string of the molecule is CCN(C)C(=O)C(=O)c1c[nH]c2ccc(NS(=O)(=O)c3cccc4cccnc34)cc12. The van der Waals surface area contributed by atoms with Crippen molar-refractivity contribution in [1.29, 1.82) is 0 Å². The molecule has 0 aliphatic carbocycles. The van der Waals surface area contributed by atoms with Gasteiger partial charge < -0.3 is 9.88 Å². The summed E-state index contributed by atoms with van der Waals surface area (Å²) in [4.78, 5) is 33.4. The maximum Gasteiger partial charge on any atom is 0.294 e. The highest BCUT2D eigenvalue weighted by Crippen LogP contribution is 2.27. The number of Topliss-reactive ketones (excluding diaryl/α,β-unsaturated/α-hetero) is 1. The number of pyridine rings is 1. The minimum absolute atomic E-state index is 0.0517. The Bertz CT molecular complexity index is 1420. The van der Waals surface area contributed by atoms with E-state index in [-0.39, 0.29) is 16.1 Å². The number of H-pyrrole nitrogens is 1. The molecule has 0 fully saturated rings. The summed E-state index contributed by atoms with van der Waals surface area (Å²) in [7, 11) is -2.39. The quantitative estimate of drug-likeness (QED) is 0.356. The molecule has 2 aromatic carbocycles. The van der Waals surface area contributed by atoms with E-state index in [0.717, 1.165) is 0 Å². The number of hydrogen-bond donors (Lipinski definition) is 2. The second kappa shape index (κ2) is 7.84. The molecule has 0 saturated heterocycles. The number of benzene rings is 2. The lowest BCUT2D eigenvalue weighted by molar-refractivity contribution is -0.125. The zero-order chi connectivity index (χ0) is 22.2. The fourth-order valence-electron chi connectivity index (χ4n) is 3.31. The number of aromatic amines is 1. The van der Waals surface area contributed by atoms with E-state index in [1.54, 1.807) is 50.4 Å². The molecular formula is C22H20N4O4S. The number of carbonyl (C=O) groups is 2. The van der Waals surface area contributed by atoms with Crippen LogP contribution in [-0.4, -0.2) is 48.6 Å². The Balaban J connectivity index is 1.72. The summed E-state index contributed by atoms with van der Waals surface area (Å²) < 4.78 is 28.7. The number of sulfonamides is 1. The fraction of sp³-hybridized carbons (Fsp3) is 0.136. The summed E-state index contributed by atoms with van der Waals surface area (Å²) >= 11 is 0. The number of amides is 1. The summed E-state index contributed by atoms with van der Waals surface area (Å²) in [5.74, 6) is -1.29. The molecule has 9 heteroatoms. The van der Waals surface area contributed by atoms with E-state index >= 15 is 0 Å². The molecule has 0 spiro atoms. The van der Waals surface area contributed by atoms with Crippen LogP contribution < -0.4 is 4.72 Å². The van der Waals surface area contributed by atoms with E-state index in [1.807, 2.05) is 0 Å². The van der Waals surface area contributed by atoms with Gasteiger partial charge in [-0.3, -0.25) is 19.3 Å². The van der Waals surface area contributed by atoms with Gasteiger partial charge in [-0.15, -0.1) is 0 Å². The van der Waals surface area contributed by atoms with Crippen LogP contribution in [0.3, 0.4) is 0 Å². The first kappa shape index (κ1) is 20.5. The zero-order valence-corrected chi connectivity index (χ0v) is 17.7. The standard InChI is InChI=1S/C22H20N4O4S/c1-3-26(2)22(28)21(27)17-13-24-18-10-9-15(12-16(17)18)25-31(29,30)19-8-4-6-14-7-5-11-23-20(14)19/h4-13,24-25H,3H2,1-2H3. The maximum atomic E-state index is 13.1. The normalized spacial score (nSPS) is 11.5. The second-order valence-electron chi connectivity index (χ2n) is 7.05. The molecule has 2 N–H and O–H groups in total. The summed E-state index contributed by atoms with van der Waals surface area (Å²) in [6.45, 7) is 2.17. The fourth-order valence-corrected chi connectivity index (χ4v) is 4.54. The van der Waals surface area contributed by atoms with Crippen molar-refractivity contribution in [3.8, 4) is 0 Å². The number of likely N-dealkylation sites (N-methyl/N-ethyl adjacent to an activating group) is 1. The molecular weight excluding hydrogens is 416 g/mol. The predicted octanol–water partition coefficient (Wildman–Crippen LogP) is 3.18. The Morgan fingerprint density at radius 2 is 1.90 bits per heavy atom. The Kier molecular flexibility index (Phi) is 5.20. The molecule has 2 heterocycles. The van der Waals surface area contributed by atoms with Crippen LogP contribution in [-0.2, 0) is 14.8 Å². The van der Waals surface area contributed by atoms with Crippen molar-refractivity contribution in [1.82, 2.24) is 14.9 Å². The van der Waals surface area contributed by atoms with Gasteiger partial charge in [0.05, 0.1) is 11.1 Å². The van der Waals surface area contributed by atoms with Crippen LogP contribution in [0.2, 0.25) is 0 Å². The minimum atomic E-state index is -3.94.